The van der Waals surface area contributed by atoms with Gasteiger partial charge in [-0.05, 0) is 38.3 Å². The van der Waals surface area contributed by atoms with E-state index in [0.717, 1.165) is 0 Å². The third-order valence-electron chi connectivity index (χ3n) is 5.40. The standard InChI is InChI=1S/C15H20O5/c1-7-6-10(16)11-14(3,18)5-4-9-8(2)13(17)20-12(9)15(7,11)19/h6,8-9,11-12,18-19H,4-5H2,1-3H3/t8-,9-,11-,12-,14+,15+/m0/s1. The van der Waals surface area contributed by atoms with Gasteiger partial charge < -0.3 is 14.9 Å². The Kier molecular flexibility index (Phi) is 2.70. The van der Waals surface area contributed by atoms with Gasteiger partial charge in [-0.1, -0.05) is 6.92 Å². The smallest absolute Gasteiger partial charge is 0.309 e. The molecule has 0 radical (unpaired) electrons. The summed E-state index contributed by atoms with van der Waals surface area (Å²) in [6.45, 7) is 5.02. The minimum atomic E-state index is -1.58. The van der Waals surface area contributed by atoms with Gasteiger partial charge in [-0.15, -0.1) is 0 Å². The normalized spacial score (nSPS) is 51.1. The zero-order valence-corrected chi connectivity index (χ0v) is 11.9. The zero-order valence-electron chi connectivity index (χ0n) is 11.9. The van der Waals surface area contributed by atoms with Crippen LogP contribution in [0.15, 0.2) is 11.6 Å². The molecule has 6 atom stereocenters. The molecule has 3 rings (SSSR count). The predicted octanol–water partition coefficient (Wildman–Crippen LogP) is 0.585. The summed E-state index contributed by atoms with van der Waals surface area (Å²) in [5.41, 5.74) is -2.40. The second-order valence-electron chi connectivity index (χ2n) is 6.69. The summed E-state index contributed by atoms with van der Waals surface area (Å²) in [6.07, 6.45) is 1.56. The van der Waals surface area contributed by atoms with Crippen LogP contribution in [0.2, 0.25) is 0 Å². The van der Waals surface area contributed by atoms with Gasteiger partial charge in [0.1, 0.15) is 11.7 Å². The van der Waals surface area contributed by atoms with Gasteiger partial charge in [0, 0.05) is 5.92 Å². The number of esters is 1. The van der Waals surface area contributed by atoms with Gasteiger partial charge in [-0.25, -0.2) is 0 Å². The maximum Gasteiger partial charge on any atom is 0.309 e. The Morgan fingerprint density at radius 2 is 2.00 bits per heavy atom. The summed E-state index contributed by atoms with van der Waals surface area (Å²) in [5, 5.41) is 21.8. The van der Waals surface area contributed by atoms with E-state index in [1.165, 1.54) is 6.08 Å². The van der Waals surface area contributed by atoms with Crippen molar-refractivity contribution in [2.24, 2.45) is 17.8 Å². The van der Waals surface area contributed by atoms with Crippen molar-refractivity contribution in [1.29, 1.82) is 0 Å². The first-order valence-corrected chi connectivity index (χ1v) is 7.07. The fraction of sp³-hybridized carbons (Fsp3) is 0.733. The lowest BCUT2D eigenvalue weighted by Crippen LogP contribution is -2.56. The van der Waals surface area contributed by atoms with Crippen molar-refractivity contribution < 1.29 is 24.5 Å². The second kappa shape index (κ2) is 3.92. The number of hydrogen-bond acceptors (Lipinski definition) is 5. The number of carbonyl (C=O) groups excluding carboxylic acids is 2. The van der Waals surface area contributed by atoms with Gasteiger partial charge in [0.15, 0.2) is 5.78 Å². The SMILES string of the molecule is CC1=CC(=O)[C@@H]2[C@@]1(O)[C@H]1OC(=O)[C@@H](C)[C@@H]1CC[C@@]2(C)O. The van der Waals surface area contributed by atoms with Crippen LogP contribution in [0.25, 0.3) is 0 Å². The summed E-state index contributed by atoms with van der Waals surface area (Å²) in [6, 6.07) is 0. The highest BCUT2D eigenvalue weighted by molar-refractivity contribution is 5.98. The first-order valence-electron chi connectivity index (χ1n) is 7.07. The van der Waals surface area contributed by atoms with Crippen LogP contribution in [0, 0.1) is 17.8 Å². The third kappa shape index (κ3) is 1.50. The Morgan fingerprint density at radius 1 is 1.35 bits per heavy atom. The minimum Gasteiger partial charge on any atom is -0.458 e. The van der Waals surface area contributed by atoms with E-state index in [1.807, 2.05) is 0 Å². The summed E-state index contributed by atoms with van der Waals surface area (Å²) < 4.78 is 5.39. The van der Waals surface area contributed by atoms with Crippen LogP contribution in [0.5, 0.6) is 0 Å². The highest BCUT2D eigenvalue weighted by Gasteiger charge is 2.66. The number of aliphatic hydroxyl groups is 2. The van der Waals surface area contributed by atoms with Gasteiger partial charge in [0.05, 0.1) is 17.4 Å². The summed E-state index contributed by atoms with van der Waals surface area (Å²) in [7, 11) is 0. The Balaban J connectivity index is 2.14. The van der Waals surface area contributed by atoms with E-state index in [-0.39, 0.29) is 23.6 Å². The highest BCUT2D eigenvalue weighted by Crippen LogP contribution is 2.53. The summed E-state index contributed by atoms with van der Waals surface area (Å²) >= 11 is 0. The summed E-state index contributed by atoms with van der Waals surface area (Å²) in [5.74, 6) is -2.06. The molecule has 2 N–H and O–H groups in total. The predicted molar refractivity (Wildman–Crippen MR) is 69.6 cm³/mol. The molecule has 110 valence electrons. The molecule has 5 heteroatoms. The Bertz CT molecular complexity index is 520. The molecule has 1 saturated heterocycles. The first-order chi connectivity index (χ1) is 9.19. The van der Waals surface area contributed by atoms with Crippen LogP contribution in [-0.4, -0.2) is 39.3 Å². The average Bonchev–Trinajstić information content (AvgIpc) is 2.71. The van der Waals surface area contributed by atoms with Gasteiger partial charge in [-0.3, -0.25) is 9.59 Å². The second-order valence-corrected chi connectivity index (χ2v) is 6.69. The number of fused-ring (bicyclic) bond motifs is 3. The number of ketones is 1. The Morgan fingerprint density at radius 3 is 2.65 bits per heavy atom. The number of ether oxygens (including phenoxy) is 1. The van der Waals surface area contributed by atoms with E-state index in [9.17, 15) is 19.8 Å². The van der Waals surface area contributed by atoms with Gasteiger partial charge in [-0.2, -0.15) is 0 Å². The quantitative estimate of drug-likeness (QED) is 0.634. The summed E-state index contributed by atoms with van der Waals surface area (Å²) in [4.78, 5) is 24.0. The molecule has 20 heavy (non-hydrogen) atoms. The molecule has 2 fully saturated rings. The lowest BCUT2D eigenvalue weighted by molar-refractivity contribution is -0.169. The van der Waals surface area contributed by atoms with Crippen molar-refractivity contribution in [1.82, 2.24) is 0 Å². The van der Waals surface area contributed by atoms with Crippen molar-refractivity contribution in [3.05, 3.63) is 11.6 Å². The minimum absolute atomic E-state index is 0.168. The molecule has 0 spiro atoms. The average molecular weight is 280 g/mol. The molecule has 1 saturated carbocycles. The molecule has 0 aromatic rings. The van der Waals surface area contributed by atoms with Crippen molar-refractivity contribution >= 4 is 11.8 Å². The van der Waals surface area contributed by atoms with E-state index in [4.69, 9.17) is 4.74 Å². The molecular formula is C15H20O5. The molecule has 0 amide bonds. The van der Waals surface area contributed by atoms with Crippen molar-refractivity contribution in [3.63, 3.8) is 0 Å². The number of hydrogen-bond donors (Lipinski definition) is 2. The maximum atomic E-state index is 12.2. The molecule has 2 aliphatic carbocycles. The van der Waals surface area contributed by atoms with Crippen LogP contribution in [-0.2, 0) is 14.3 Å². The number of allylic oxidation sites excluding steroid dienone is 1. The first kappa shape index (κ1) is 13.8. The van der Waals surface area contributed by atoms with Crippen LogP contribution in [0.1, 0.15) is 33.6 Å². The molecule has 0 unspecified atom stereocenters. The Labute approximate surface area is 117 Å². The molecular weight excluding hydrogens is 260 g/mol. The molecule has 1 heterocycles. The van der Waals surface area contributed by atoms with Crippen LogP contribution in [0.3, 0.4) is 0 Å². The molecule has 3 aliphatic rings. The fourth-order valence-corrected chi connectivity index (χ4v) is 4.20. The zero-order chi connectivity index (χ0) is 14.9. The van der Waals surface area contributed by atoms with Gasteiger partial charge in [0.25, 0.3) is 0 Å². The molecule has 1 aliphatic heterocycles. The fourth-order valence-electron chi connectivity index (χ4n) is 4.20. The molecule has 0 aromatic carbocycles. The molecule has 0 bridgehead atoms. The van der Waals surface area contributed by atoms with E-state index in [0.29, 0.717) is 18.4 Å². The molecule has 5 nitrogen and oxygen atoms in total. The van der Waals surface area contributed by atoms with Gasteiger partial charge in [0.2, 0.25) is 0 Å². The van der Waals surface area contributed by atoms with Crippen molar-refractivity contribution in [2.45, 2.75) is 50.9 Å². The largest absolute Gasteiger partial charge is 0.458 e. The van der Waals surface area contributed by atoms with Crippen molar-refractivity contribution in [2.75, 3.05) is 0 Å². The Hall–Kier alpha value is -1.20. The van der Waals surface area contributed by atoms with Crippen LogP contribution in [0.4, 0.5) is 0 Å². The molecule has 0 aromatic heterocycles. The van der Waals surface area contributed by atoms with Crippen LogP contribution < -0.4 is 0 Å². The lowest BCUT2D eigenvalue weighted by Gasteiger charge is -2.40. The van der Waals surface area contributed by atoms with E-state index in [2.05, 4.69) is 0 Å². The monoisotopic (exact) mass is 280 g/mol. The number of rotatable bonds is 0. The lowest BCUT2D eigenvalue weighted by atomic mass is 9.72. The van der Waals surface area contributed by atoms with E-state index >= 15 is 0 Å². The number of carbonyl (C=O) groups is 2. The third-order valence-corrected chi connectivity index (χ3v) is 5.40. The highest BCUT2D eigenvalue weighted by atomic mass is 16.6. The van der Waals surface area contributed by atoms with Crippen LogP contribution >= 0.6 is 0 Å². The topological polar surface area (TPSA) is 83.8 Å². The van der Waals surface area contributed by atoms with E-state index in [1.54, 1.807) is 20.8 Å². The van der Waals surface area contributed by atoms with Gasteiger partial charge >= 0.3 is 5.97 Å². The van der Waals surface area contributed by atoms with Crippen molar-refractivity contribution in [3.8, 4) is 0 Å². The van der Waals surface area contributed by atoms with E-state index < -0.39 is 23.2 Å². The maximum absolute atomic E-state index is 12.2.